The first-order valence-corrected chi connectivity index (χ1v) is 7.40. The Bertz CT molecular complexity index is 595. The van der Waals surface area contributed by atoms with Crippen LogP contribution in [0.4, 0.5) is 15.8 Å². The van der Waals surface area contributed by atoms with Crippen molar-refractivity contribution in [1.29, 1.82) is 0 Å². The van der Waals surface area contributed by atoms with Crippen LogP contribution in [0.15, 0.2) is 17.0 Å². The van der Waals surface area contributed by atoms with Gasteiger partial charge in [-0.1, -0.05) is 20.3 Å². The van der Waals surface area contributed by atoms with Crippen LogP contribution in [0.5, 0.6) is 0 Å². The molecular formula is C11H16FN3O4S. The first-order valence-electron chi connectivity index (χ1n) is 5.92. The van der Waals surface area contributed by atoms with Gasteiger partial charge in [-0.3, -0.25) is 10.1 Å². The first-order chi connectivity index (χ1) is 9.19. The van der Waals surface area contributed by atoms with Gasteiger partial charge < -0.3 is 5.73 Å². The fraction of sp³-hybridized carbons (Fsp3) is 0.455. The van der Waals surface area contributed by atoms with E-state index in [1.165, 1.54) is 0 Å². The van der Waals surface area contributed by atoms with Crippen molar-refractivity contribution in [2.24, 2.45) is 5.92 Å². The number of nitrogens with one attached hydrogen (secondary N) is 1. The summed E-state index contributed by atoms with van der Waals surface area (Å²) >= 11 is 0. The van der Waals surface area contributed by atoms with Crippen LogP contribution in [0.1, 0.15) is 20.3 Å². The zero-order chi connectivity index (χ0) is 15.5. The minimum absolute atomic E-state index is 0.0760. The molecule has 0 aliphatic carbocycles. The Labute approximate surface area is 116 Å². The van der Waals surface area contributed by atoms with Gasteiger partial charge in [0.1, 0.15) is 4.90 Å². The fourth-order valence-electron chi connectivity index (χ4n) is 1.46. The van der Waals surface area contributed by atoms with Crippen LogP contribution in [-0.4, -0.2) is 19.9 Å². The van der Waals surface area contributed by atoms with Gasteiger partial charge in [0.15, 0.2) is 5.82 Å². The SMILES string of the molecule is CCC(C)CNS(=O)(=O)c1c(N)cc([N+](=O)[O-])cc1F. The second-order valence-electron chi connectivity index (χ2n) is 4.47. The molecule has 0 aromatic heterocycles. The number of sulfonamides is 1. The minimum atomic E-state index is -4.14. The summed E-state index contributed by atoms with van der Waals surface area (Å²) in [4.78, 5) is 8.94. The zero-order valence-corrected chi connectivity index (χ0v) is 11.9. The van der Waals surface area contributed by atoms with Crippen molar-refractivity contribution in [1.82, 2.24) is 4.72 Å². The lowest BCUT2D eigenvalue weighted by atomic mass is 10.1. The average Bonchev–Trinajstić information content (AvgIpc) is 2.34. The van der Waals surface area contributed by atoms with Gasteiger partial charge in [-0.15, -0.1) is 0 Å². The number of hydrogen-bond donors (Lipinski definition) is 2. The Morgan fingerprint density at radius 3 is 2.55 bits per heavy atom. The highest BCUT2D eigenvalue weighted by atomic mass is 32.2. The molecule has 0 bridgehead atoms. The van der Waals surface area contributed by atoms with Crippen LogP contribution in [0.25, 0.3) is 0 Å². The molecule has 0 heterocycles. The molecule has 1 rings (SSSR count). The third-order valence-electron chi connectivity index (χ3n) is 2.86. The van der Waals surface area contributed by atoms with E-state index in [9.17, 15) is 22.9 Å². The molecule has 9 heteroatoms. The van der Waals surface area contributed by atoms with E-state index in [0.29, 0.717) is 6.07 Å². The minimum Gasteiger partial charge on any atom is -0.397 e. The van der Waals surface area contributed by atoms with Crippen LogP contribution < -0.4 is 10.5 Å². The predicted molar refractivity (Wildman–Crippen MR) is 72.1 cm³/mol. The van der Waals surface area contributed by atoms with E-state index in [1.54, 1.807) is 0 Å². The van der Waals surface area contributed by atoms with Gasteiger partial charge in [0.25, 0.3) is 5.69 Å². The van der Waals surface area contributed by atoms with E-state index in [1.807, 2.05) is 13.8 Å². The Morgan fingerprint density at radius 2 is 2.10 bits per heavy atom. The van der Waals surface area contributed by atoms with Crippen molar-refractivity contribution >= 4 is 21.4 Å². The highest BCUT2D eigenvalue weighted by Crippen LogP contribution is 2.27. The predicted octanol–water partition coefficient (Wildman–Crippen LogP) is 1.64. The normalized spacial score (nSPS) is 13.2. The Morgan fingerprint density at radius 1 is 1.50 bits per heavy atom. The van der Waals surface area contributed by atoms with E-state index in [0.717, 1.165) is 12.5 Å². The summed E-state index contributed by atoms with van der Waals surface area (Å²) in [6.07, 6.45) is 0.751. The summed E-state index contributed by atoms with van der Waals surface area (Å²) in [7, 11) is -4.14. The van der Waals surface area contributed by atoms with E-state index in [2.05, 4.69) is 4.72 Å². The number of hydrogen-bond acceptors (Lipinski definition) is 5. The second kappa shape index (κ2) is 6.14. The summed E-state index contributed by atoms with van der Waals surface area (Å²) in [5.41, 5.74) is 4.33. The number of non-ortho nitro benzene ring substituents is 1. The van der Waals surface area contributed by atoms with Crippen LogP contribution in [0.3, 0.4) is 0 Å². The number of anilines is 1. The standard InChI is InChI=1S/C11H16FN3O4S/c1-3-7(2)6-14-20(18,19)11-9(12)4-8(15(16)17)5-10(11)13/h4-5,7,14H,3,6,13H2,1-2H3. The summed E-state index contributed by atoms with van der Waals surface area (Å²) < 4.78 is 40.0. The Balaban J connectivity index is 3.16. The molecule has 0 saturated heterocycles. The first kappa shape index (κ1) is 16.3. The topological polar surface area (TPSA) is 115 Å². The third-order valence-corrected chi connectivity index (χ3v) is 4.37. The molecule has 20 heavy (non-hydrogen) atoms. The number of nitro groups is 1. The molecule has 0 amide bonds. The number of nitro benzene ring substituents is 1. The number of nitrogens with two attached hydrogens (primary N) is 1. The lowest BCUT2D eigenvalue weighted by Crippen LogP contribution is -2.29. The number of nitrogens with zero attached hydrogens (tertiary/aromatic N) is 1. The van der Waals surface area contributed by atoms with Crippen LogP contribution in [-0.2, 0) is 10.0 Å². The second-order valence-corrected chi connectivity index (χ2v) is 6.17. The molecule has 0 spiro atoms. The summed E-state index contributed by atoms with van der Waals surface area (Å²) in [6, 6.07) is 1.36. The van der Waals surface area contributed by atoms with Crippen molar-refractivity contribution in [3.05, 3.63) is 28.1 Å². The van der Waals surface area contributed by atoms with Gasteiger partial charge in [0.2, 0.25) is 10.0 Å². The molecule has 112 valence electrons. The van der Waals surface area contributed by atoms with E-state index >= 15 is 0 Å². The van der Waals surface area contributed by atoms with Crippen LogP contribution >= 0.6 is 0 Å². The van der Waals surface area contributed by atoms with E-state index < -0.39 is 37.0 Å². The molecule has 0 aliphatic heterocycles. The third kappa shape index (κ3) is 3.64. The fourth-order valence-corrected chi connectivity index (χ4v) is 2.79. The molecule has 0 radical (unpaired) electrons. The molecule has 0 saturated carbocycles. The molecule has 1 aromatic carbocycles. The molecule has 3 N–H and O–H groups in total. The average molecular weight is 305 g/mol. The number of nitrogen functional groups attached to an aromatic ring is 1. The van der Waals surface area contributed by atoms with Crippen LogP contribution in [0, 0.1) is 21.8 Å². The molecule has 0 aliphatic rings. The monoisotopic (exact) mass is 305 g/mol. The van der Waals surface area contributed by atoms with Crippen LogP contribution in [0.2, 0.25) is 0 Å². The highest BCUT2D eigenvalue weighted by molar-refractivity contribution is 7.89. The molecular weight excluding hydrogens is 289 g/mol. The smallest absolute Gasteiger partial charge is 0.274 e. The van der Waals surface area contributed by atoms with Gasteiger partial charge >= 0.3 is 0 Å². The molecule has 0 fully saturated rings. The molecule has 1 unspecified atom stereocenters. The maximum atomic E-state index is 13.8. The molecule has 1 atom stereocenters. The summed E-state index contributed by atoms with van der Waals surface area (Å²) in [5.74, 6) is -1.17. The zero-order valence-electron chi connectivity index (χ0n) is 11.1. The van der Waals surface area contributed by atoms with Gasteiger partial charge in [0.05, 0.1) is 16.7 Å². The van der Waals surface area contributed by atoms with Crippen molar-refractivity contribution in [2.45, 2.75) is 25.2 Å². The van der Waals surface area contributed by atoms with E-state index in [-0.39, 0.29) is 12.5 Å². The Kier molecular flexibility index (Phi) is 5.01. The van der Waals surface area contributed by atoms with Crippen molar-refractivity contribution < 1.29 is 17.7 Å². The summed E-state index contributed by atoms with van der Waals surface area (Å²) in [6.45, 7) is 3.85. The molecule has 1 aromatic rings. The van der Waals surface area contributed by atoms with Crippen molar-refractivity contribution in [2.75, 3.05) is 12.3 Å². The quantitative estimate of drug-likeness (QED) is 0.471. The van der Waals surface area contributed by atoms with Gasteiger partial charge in [0, 0.05) is 12.6 Å². The Hall–Kier alpha value is -1.74. The number of benzene rings is 1. The largest absolute Gasteiger partial charge is 0.397 e. The van der Waals surface area contributed by atoms with Gasteiger partial charge in [-0.05, 0) is 5.92 Å². The lowest BCUT2D eigenvalue weighted by Gasteiger charge is -2.12. The molecule has 7 nitrogen and oxygen atoms in total. The van der Waals surface area contributed by atoms with Crippen molar-refractivity contribution in [3.8, 4) is 0 Å². The lowest BCUT2D eigenvalue weighted by molar-refractivity contribution is -0.385. The number of halogens is 1. The maximum absolute atomic E-state index is 13.8. The summed E-state index contributed by atoms with van der Waals surface area (Å²) in [5, 5.41) is 10.5. The van der Waals surface area contributed by atoms with Gasteiger partial charge in [-0.2, -0.15) is 0 Å². The highest BCUT2D eigenvalue weighted by Gasteiger charge is 2.25. The number of rotatable bonds is 6. The van der Waals surface area contributed by atoms with E-state index in [4.69, 9.17) is 5.73 Å². The van der Waals surface area contributed by atoms with Gasteiger partial charge in [-0.25, -0.2) is 17.5 Å². The maximum Gasteiger partial charge on any atom is 0.274 e. The van der Waals surface area contributed by atoms with Crippen molar-refractivity contribution in [3.63, 3.8) is 0 Å².